The molecule has 2 heterocycles. The normalized spacial score (nSPS) is 12.9. The van der Waals surface area contributed by atoms with Gasteiger partial charge in [0, 0.05) is 19.5 Å². The number of nitrogens with one attached hydrogen (secondary N) is 1. The minimum Gasteiger partial charge on any atom is -0.308 e. The van der Waals surface area contributed by atoms with Crippen molar-refractivity contribution in [1.82, 2.24) is 5.32 Å². The van der Waals surface area contributed by atoms with Crippen LogP contribution in [-0.2, 0) is 6.42 Å². The fourth-order valence-electron chi connectivity index (χ4n) is 1.91. The van der Waals surface area contributed by atoms with E-state index in [0.717, 1.165) is 6.42 Å². The van der Waals surface area contributed by atoms with Gasteiger partial charge in [-0.1, -0.05) is 6.92 Å². The lowest BCUT2D eigenvalue weighted by Crippen LogP contribution is -2.15. The average Bonchev–Trinajstić information content (AvgIpc) is 2.89. The standard InChI is InChI=1S/C14H19NS2/c1-5-11-6-7-12(17-11)14(15-4)13-8-9(2)10(3)16-13/h6-8,14-15H,5H2,1-4H3. The number of hydrogen-bond acceptors (Lipinski definition) is 3. The second-order valence-electron chi connectivity index (χ2n) is 4.27. The third-order valence-corrected chi connectivity index (χ3v) is 5.59. The molecular weight excluding hydrogens is 246 g/mol. The first kappa shape index (κ1) is 12.8. The zero-order chi connectivity index (χ0) is 12.4. The molecule has 0 aliphatic carbocycles. The fourth-order valence-corrected chi connectivity index (χ4v) is 4.24. The van der Waals surface area contributed by atoms with E-state index in [1.165, 1.54) is 25.1 Å². The van der Waals surface area contributed by atoms with E-state index in [0.29, 0.717) is 6.04 Å². The summed E-state index contributed by atoms with van der Waals surface area (Å²) in [5, 5.41) is 3.43. The highest BCUT2D eigenvalue weighted by atomic mass is 32.1. The second-order valence-corrected chi connectivity index (χ2v) is 6.76. The van der Waals surface area contributed by atoms with Gasteiger partial charge < -0.3 is 5.32 Å². The molecule has 0 spiro atoms. The molecule has 92 valence electrons. The molecule has 1 atom stereocenters. The van der Waals surface area contributed by atoms with Gasteiger partial charge in [-0.15, -0.1) is 22.7 Å². The maximum absolute atomic E-state index is 3.43. The van der Waals surface area contributed by atoms with E-state index in [1.807, 2.05) is 29.7 Å². The van der Waals surface area contributed by atoms with Crippen LogP contribution in [0.2, 0.25) is 0 Å². The van der Waals surface area contributed by atoms with Crippen LogP contribution < -0.4 is 5.32 Å². The Morgan fingerprint density at radius 1 is 1.18 bits per heavy atom. The Morgan fingerprint density at radius 3 is 2.41 bits per heavy atom. The van der Waals surface area contributed by atoms with Crippen LogP contribution in [0.4, 0.5) is 0 Å². The largest absolute Gasteiger partial charge is 0.308 e. The maximum Gasteiger partial charge on any atom is 0.0762 e. The SMILES string of the molecule is CCc1ccc(C(NC)c2cc(C)c(C)s2)s1. The predicted molar refractivity (Wildman–Crippen MR) is 78.4 cm³/mol. The third kappa shape index (κ3) is 2.62. The van der Waals surface area contributed by atoms with Gasteiger partial charge in [0.25, 0.3) is 0 Å². The number of aryl methyl sites for hydroxylation is 3. The summed E-state index contributed by atoms with van der Waals surface area (Å²) in [5.41, 5.74) is 1.40. The van der Waals surface area contributed by atoms with Crippen molar-refractivity contribution < 1.29 is 0 Å². The van der Waals surface area contributed by atoms with Crippen molar-refractivity contribution in [3.63, 3.8) is 0 Å². The molecule has 0 aromatic carbocycles. The van der Waals surface area contributed by atoms with Gasteiger partial charge in [-0.25, -0.2) is 0 Å². The number of rotatable bonds is 4. The Bertz CT molecular complexity index is 477. The van der Waals surface area contributed by atoms with Crippen molar-refractivity contribution in [1.29, 1.82) is 0 Å². The van der Waals surface area contributed by atoms with Crippen LogP contribution >= 0.6 is 22.7 Å². The lowest BCUT2D eigenvalue weighted by atomic mass is 10.1. The highest BCUT2D eigenvalue weighted by molar-refractivity contribution is 7.13. The molecule has 2 aromatic rings. The summed E-state index contributed by atoms with van der Waals surface area (Å²) in [6.45, 7) is 6.60. The highest BCUT2D eigenvalue weighted by Crippen LogP contribution is 2.33. The summed E-state index contributed by atoms with van der Waals surface area (Å²) < 4.78 is 0. The first-order chi connectivity index (χ1) is 8.15. The van der Waals surface area contributed by atoms with E-state index in [4.69, 9.17) is 0 Å². The van der Waals surface area contributed by atoms with E-state index in [1.54, 1.807) is 0 Å². The van der Waals surface area contributed by atoms with Gasteiger partial charge in [-0.05, 0) is 51.1 Å². The molecule has 0 saturated carbocycles. The monoisotopic (exact) mass is 265 g/mol. The fraction of sp³-hybridized carbons (Fsp3) is 0.429. The first-order valence-corrected chi connectivity index (χ1v) is 7.61. The Labute approximate surface area is 112 Å². The summed E-state index contributed by atoms with van der Waals surface area (Å²) in [7, 11) is 2.04. The number of thiophene rings is 2. The van der Waals surface area contributed by atoms with Crippen molar-refractivity contribution in [2.45, 2.75) is 33.2 Å². The van der Waals surface area contributed by atoms with Gasteiger partial charge >= 0.3 is 0 Å². The molecule has 0 bridgehead atoms. The Hall–Kier alpha value is -0.640. The zero-order valence-electron chi connectivity index (χ0n) is 10.8. The van der Waals surface area contributed by atoms with Crippen molar-refractivity contribution in [3.8, 4) is 0 Å². The smallest absolute Gasteiger partial charge is 0.0762 e. The molecule has 17 heavy (non-hydrogen) atoms. The van der Waals surface area contributed by atoms with Crippen LogP contribution in [0.5, 0.6) is 0 Å². The topological polar surface area (TPSA) is 12.0 Å². The van der Waals surface area contributed by atoms with E-state index in [9.17, 15) is 0 Å². The van der Waals surface area contributed by atoms with Crippen molar-refractivity contribution in [2.24, 2.45) is 0 Å². The third-order valence-electron chi connectivity index (χ3n) is 3.07. The van der Waals surface area contributed by atoms with Gasteiger partial charge in [0.1, 0.15) is 0 Å². The van der Waals surface area contributed by atoms with Crippen molar-refractivity contribution in [3.05, 3.63) is 43.3 Å². The molecule has 0 amide bonds. The Balaban J connectivity index is 2.32. The molecule has 0 radical (unpaired) electrons. The van der Waals surface area contributed by atoms with Gasteiger partial charge in [-0.2, -0.15) is 0 Å². The summed E-state index contributed by atoms with van der Waals surface area (Å²) in [4.78, 5) is 5.73. The molecule has 2 aromatic heterocycles. The van der Waals surface area contributed by atoms with Gasteiger partial charge in [0.15, 0.2) is 0 Å². The van der Waals surface area contributed by atoms with Gasteiger partial charge in [0.2, 0.25) is 0 Å². The van der Waals surface area contributed by atoms with Crippen LogP contribution in [0.1, 0.15) is 38.0 Å². The molecule has 3 heteroatoms. The van der Waals surface area contributed by atoms with Gasteiger partial charge in [0.05, 0.1) is 6.04 Å². The molecule has 0 aliphatic rings. The molecule has 1 N–H and O–H groups in total. The molecule has 1 unspecified atom stereocenters. The summed E-state index contributed by atoms with van der Waals surface area (Å²) in [6, 6.07) is 7.18. The molecule has 0 aliphatic heterocycles. The summed E-state index contributed by atoms with van der Waals surface area (Å²) in [6.07, 6.45) is 1.13. The molecule has 0 fully saturated rings. The minimum absolute atomic E-state index is 0.359. The lowest BCUT2D eigenvalue weighted by molar-refractivity contribution is 0.716. The summed E-state index contributed by atoms with van der Waals surface area (Å²) >= 11 is 3.82. The minimum atomic E-state index is 0.359. The second kappa shape index (κ2) is 5.34. The van der Waals surface area contributed by atoms with E-state index >= 15 is 0 Å². The van der Waals surface area contributed by atoms with E-state index in [2.05, 4.69) is 44.3 Å². The zero-order valence-corrected chi connectivity index (χ0v) is 12.5. The van der Waals surface area contributed by atoms with Crippen LogP contribution in [0.15, 0.2) is 18.2 Å². The quantitative estimate of drug-likeness (QED) is 0.869. The Kier molecular flexibility index (Phi) is 4.02. The first-order valence-electron chi connectivity index (χ1n) is 5.98. The molecule has 0 saturated heterocycles. The molecule has 1 nitrogen and oxygen atoms in total. The number of hydrogen-bond donors (Lipinski definition) is 1. The van der Waals surface area contributed by atoms with Crippen LogP contribution in [-0.4, -0.2) is 7.05 Å². The highest BCUT2D eigenvalue weighted by Gasteiger charge is 2.16. The average molecular weight is 265 g/mol. The van der Waals surface area contributed by atoms with Crippen LogP contribution in [0.3, 0.4) is 0 Å². The summed E-state index contributed by atoms with van der Waals surface area (Å²) in [5.74, 6) is 0. The van der Waals surface area contributed by atoms with E-state index in [-0.39, 0.29) is 0 Å². The van der Waals surface area contributed by atoms with Gasteiger partial charge in [-0.3, -0.25) is 0 Å². The molecule has 2 rings (SSSR count). The maximum atomic E-state index is 3.43. The predicted octanol–water partition coefficient (Wildman–Crippen LogP) is 4.30. The van der Waals surface area contributed by atoms with Crippen LogP contribution in [0.25, 0.3) is 0 Å². The Morgan fingerprint density at radius 2 is 1.94 bits per heavy atom. The van der Waals surface area contributed by atoms with Crippen LogP contribution in [0, 0.1) is 13.8 Å². The van der Waals surface area contributed by atoms with E-state index < -0.39 is 0 Å². The lowest BCUT2D eigenvalue weighted by Gasteiger charge is -2.12. The van der Waals surface area contributed by atoms with Crippen molar-refractivity contribution >= 4 is 22.7 Å². The molecular formula is C14H19NS2. The van der Waals surface area contributed by atoms with Crippen molar-refractivity contribution in [2.75, 3.05) is 7.05 Å².